The highest BCUT2D eigenvalue weighted by atomic mass is 16.6. The number of ether oxygens (including phenoxy) is 3. The predicted molar refractivity (Wildman–Crippen MR) is 321 cm³/mol. The average molecular weight is 1150 g/mol. The van der Waals surface area contributed by atoms with Crippen molar-refractivity contribution in [3.05, 3.63) is 131 Å². The number of benzene rings is 4. The third-order valence-electron chi connectivity index (χ3n) is 20.5. The summed E-state index contributed by atoms with van der Waals surface area (Å²) in [6.07, 6.45) is 6.76. The Morgan fingerprint density at radius 2 is 1.72 bits per heavy atom. The number of fused-ring (bicyclic) bond motifs is 10. The van der Waals surface area contributed by atoms with Gasteiger partial charge in [0.15, 0.2) is 23.0 Å². The first-order valence-corrected chi connectivity index (χ1v) is 30.4. The smallest absolute Gasteiger partial charge is 0.318 e. The Kier molecular flexibility index (Phi) is 15.1. The molecule has 0 amide bonds. The second-order valence-corrected chi connectivity index (χ2v) is 25.3. The van der Waals surface area contributed by atoms with Crippen molar-refractivity contribution in [3.63, 3.8) is 0 Å². The molecule has 10 N–H and O–H groups in total. The number of aromatic hydroxyl groups is 3. The number of nitrogens with zero attached hydrogens (tertiary/aromatic N) is 1. The van der Waals surface area contributed by atoms with Crippen LogP contribution in [0.1, 0.15) is 124 Å². The molecule has 3 saturated carbocycles. The van der Waals surface area contributed by atoms with Crippen molar-refractivity contribution in [3.8, 4) is 51.8 Å². The topological polar surface area (TPSA) is 252 Å². The standard InChI is InChI=1S/C69H76N4O12/c1-38(75)53-17-19-64(73-56-20-23-70-55(56)35-57(73)40-8-7-9-42(76)28-40)69(72-53)22-21-68(37-69)36-41-29-51-48-33-60(81)61(83-2)34-49(48)50(66(41)47-16-15-43(77)31-52(47)68)30-44(78)32-63(59(80)26-39-14-18-58(79)62(27-39)84-25-24-74)85-65(82)13-6-4-11-46-45-10-3-5-12-54(45)71-67(46)51/h3,5,7-10,12,14,18,20,23,27-29,33-35,38,41,43,47,50,52-53,59,63-64,66,70-72,74-77,79-81H,11,13,15-17,19,21-22,24-26,30-32,36-37H2,1-2H3/t38-,41-,43-,47+,50+,52-,53-,59+,63-,64-,66+,68-,69-/m0/s1. The number of carbonyl (C=O) groups is 2. The summed E-state index contributed by atoms with van der Waals surface area (Å²) < 4.78 is 20.1. The highest BCUT2D eigenvalue weighted by Crippen LogP contribution is 2.69. The van der Waals surface area contributed by atoms with Gasteiger partial charge >= 0.3 is 5.97 Å². The van der Waals surface area contributed by atoms with Gasteiger partial charge in [-0.15, -0.1) is 0 Å². The fourth-order valence-electron chi connectivity index (χ4n) is 17.0. The minimum Gasteiger partial charge on any atom is -0.508 e. The summed E-state index contributed by atoms with van der Waals surface area (Å²) in [5.74, 6) is 5.00. The molecule has 2 spiro atoms. The molecule has 3 aromatic heterocycles. The molecule has 7 aromatic rings. The predicted octanol–water partition coefficient (Wildman–Crippen LogP) is 9.65. The molecule has 2 bridgehead atoms. The average Bonchev–Trinajstić information content (AvgIpc) is 1.64. The number of aromatic amines is 2. The minimum absolute atomic E-state index is 0.00221. The van der Waals surface area contributed by atoms with E-state index in [1.807, 2.05) is 55.6 Å². The number of para-hydroxylation sites is 1. The van der Waals surface area contributed by atoms with Crippen LogP contribution in [0.5, 0.6) is 28.7 Å². The molecule has 5 heterocycles. The molecule has 4 aliphatic carbocycles. The van der Waals surface area contributed by atoms with Crippen LogP contribution in [0.4, 0.5) is 0 Å². The van der Waals surface area contributed by atoms with Gasteiger partial charge in [-0.05, 0) is 177 Å². The van der Waals surface area contributed by atoms with E-state index in [0.29, 0.717) is 24.8 Å². The quantitative estimate of drug-likeness (QED) is 0.0453. The molecular formula is C69H76N4O12. The number of methoxy groups -OCH3 is 1. The van der Waals surface area contributed by atoms with Crippen LogP contribution in [-0.4, -0.2) is 118 Å². The summed E-state index contributed by atoms with van der Waals surface area (Å²) in [5.41, 5.74) is 8.75. The molecule has 13 atom stereocenters. The zero-order valence-corrected chi connectivity index (χ0v) is 48.1. The second-order valence-electron chi connectivity index (χ2n) is 25.3. The number of rotatable bonds is 10. The summed E-state index contributed by atoms with van der Waals surface area (Å²) >= 11 is 0. The van der Waals surface area contributed by atoms with Crippen molar-refractivity contribution in [1.82, 2.24) is 19.9 Å². The first-order chi connectivity index (χ1) is 41.1. The van der Waals surface area contributed by atoms with E-state index >= 15 is 4.79 Å². The molecule has 0 unspecified atom stereocenters. The number of esters is 1. The maximum Gasteiger partial charge on any atom is 0.318 e. The number of hydrogen-bond acceptors (Lipinski definition) is 13. The number of allylic oxidation sites excluding steroid dienone is 1. The third kappa shape index (κ3) is 10.3. The van der Waals surface area contributed by atoms with Crippen molar-refractivity contribution >= 4 is 39.3 Å². The Balaban J connectivity index is 0.965. The lowest BCUT2D eigenvalue weighted by Crippen LogP contribution is -2.61. The van der Waals surface area contributed by atoms with Crippen LogP contribution in [0.3, 0.4) is 0 Å². The number of aliphatic hydroxyl groups is 4. The van der Waals surface area contributed by atoms with Gasteiger partial charge in [0.2, 0.25) is 0 Å². The number of Topliss-reactive ketones (excluding diaryl/α,β-unsaturated/α-hetero) is 1. The molecule has 85 heavy (non-hydrogen) atoms. The molecular weight excluding hydrogens is 1080 g/mol. The first-order valence-electron chi connectivity index (χ1n) is 30.4. The first kappa shape index (κ1) is 56.6. The molecule has 4 fully saturated rings. The molecule has 13 rings (SSSR count). The van der Waals surface area contributed by atoms with E-state index in [1.54, 1.807) is 24.3 Å². The van der Waals surface area contributed by atoms with Crippen LogP contribution in [0, 0.1) is 40.9 Å². The lowest BCUT2D eigenvalue weighted by molar-refractivity contribution is -0.155. The van der Waals surface area contributed by atoms with E-state index in [-0.39, 0.29) is 121 Å². The Hall–Kier alpha value is -7.52. The second kappa shape index (κ2) is 22.7. The number of carbonyl (C=O) groups excluding carboxylic acids is 2. The van der Waals surface area contributed by atoms with Crippen molar-refractivity contribution in [1.29, 1.82) is 0 Å². The Morgan fingerprint density at radius 3 is 2.54 bits per heavy atom. The van der Waals surface area contributed by atoms with Crippen molar-refractivity contribution in [2.24, 2.45) is 29.1 Å². The fourth-order valence-corrected chi connectivity index (χ4v) is 17.0. The van der Waals surface area contributed by atoms with Crippen LogP contribution in [0.25, 0.3) is 38.8 Å². The SMILES string of the molecule is COc1cc2c(cc1O)C1=C[C@H]3C[C@]4(CC[C@@]5(C4)N[C@H]([C@H](C)O)CC[C@@H]5n4c(-c5cccc(O)c5)cc5[nH]ccc54)[C@H]4C[C@@H](O)CC[C@H]4[C@@H]3[C@@H]2CC(=O)C[C@@H]([C@H](O)Cc2ccc(O)c(OCCO)c2)OC(=O)CC#CCc2c1[nH]c1ccccc21. The monoisotopic (exact) mass is 1150 g/mol. The van der Waals surface area contributed by atoms with E-state index < -0.39 is 41.8 Å². The van der Waals surface area contributed by atoms with E-state index in [2.05, 4.69) is 56.0 Å². The van der Waals surface area contributed by atoms with E-state index in [4.69, 9.17) is 14.2 Å². The van der Waals surface area contributed by atoms with Crippen molar-refractivity contribution in [2.45, 2.75) is 145 Å². The number of aliphatic hydroxyl groups excluding tert-OH is 4. The van der Waals surface area contributed by atoms with Gasteiger partial charge in [0.25, 0.3) is 0 Å². The Labute approximate surface area is 493 Å². The molecule has 16 nitrogen and oxygen atoms in total. The van der Waals surface area contributed by atoms with Gasteiger partial charge in [0.05, 0.1) is 60.5 Å². The lowest BCUT2D eigenvalue weighted by atomic mass is 9.47. The summed E-state index contributed by atoms with van der Waals surface area (Å²) in [6, 6.07) is 27.9. The van der Waals surface area contributed by atoms with E-state index in [1.165, 1.54) is 13.2 Å². The number of phenolic OH excluding ortho intramolecular Hbond substituents is 3. The lowest BCUT2D eigenvalue weighted by Gasteiger charge is -2.58. The number of cyclic esters (lactones) is 1. The maximum atomic E-state index is 15.5. The minimum atomic E-state index is -1.36. The third-order valence-corrected chi connectivity index (χ3v) is 20.5. The fraction of sp³-hybridized carbons (Fsp3) is 0.449. The number of aromatic nitrogens is 3. The number of piperidine rings is 1. The Morgan fingerprint density at radius 1 is 0.871 bits per heavy atom. The normalized spacial score (nSPS) is 29.2. The van der Waals surface area contributed by atoms with Gasteiger partial charge in [-0.1, -0.05) is 54.3 Å². The summed E-state index contributed by atoms with van der Waals surface area (Å²) in [4.78, 5) is 36.7. The van der Waals surface area contributed by atoms with E-state index in [9.17, 15) is 40.5 Å². The zero-order valence-electron chi connectivity index (χ0n) is 48.1. The number of ketones is 1. The van der Waals surface area contributed by atoms with Gasteiger partial charge in [0.1, 0.15) is 30.7 Å². The Bertz CT molecular complexity index is 3790. The molecule has 16 heteroatoms. The molecule has 6 aliphatic rings. The summed E-state index contributed by atoms with van der Waals surface area (Å²) in [7, 11) is 1.52. The van der Waals surface area contributed by atoms with E-state index in [0.717, 1.165) is 99.7 Å². The number of H-pyrrole nitrogens is 2. The van der Waals surface area contributed by atoms with Gasteiger partial charge in [-0.25, -0.2) is 0 Å². The zero-order chi connectivity index (χ0) is 58.9. The van der Waals surface area contributed by atoms with Crippen LogP contribution >= 0.6 is 0 Å². The van der Waals surface area contributed by atoms with Crippen LogP contribution in [-0.2, 0) is 27.2 Å². The molecule has 444 valence electrons. The molecule has 1 saturated heterocycles. The summed E-state index contributed by atoms with van der Waals surface area (Å²) in [5, 5.41) is 83.6. The van der Waals surface area contributed by atoms with Gasteiger partial charge in [0, 0.05) is 65.5 Å². The molecule has 2 aliphatic heterocycles. The van der Waals surface area contributed by atoms with Gasteiger partial charge < -0.3 is 69.8 Å². The molecule has 4 aromatic carbocycles. The number of phenols is 3. The van der Waals surface area contributed by atoms with Gasteiger partial charge in [-0.3, -0.25) is 9.59 Å². The van der Waals surface area contributed by atoms with Crippen molar-refractivity contribution in [2.75, 3.05) is 20.3 Å². The van der Waals surface area contributed by atoms with Crippen molar-refractivity contribution < 1.29 is 59.5 Å². The van der Waals surface area contributed by atoms with Crippen LogP contribution < -0.4 is 14.8 Å². The van der Waals surface area contributed by atoms with Gasteiger partial charge in [-0.2, -0.15) is 0 Å². The van der Waals surface area contributed by atoms with Crippen LogP contribution in [0.15, 0.2) is 103 Å². The highest BCUT2D eigenvalue weighted by Gasteiger charge is 2.64. The molecule has 0 radical (unpaired) electrons. The van der Waals surface area contributed by atoms with Crippen LogP contribution in [0.2, 0.25) is 0 Å². The summed E-state index contributed by atoms with van der Waals surface area (Å²) in [6.45, 7) is 1.54. The largest absolute Gasteiger partial charge is 0.508 e. The number of nitrogens with one attached hydrogen (secondary N) is 3. The highest BCUT2D eigenvalue weighted by molar-refractivity contribution is 5.94. The number of hydrogen-bond donors (Lipinski definition) is 10. The maximum absolute atomic E-state index is 15.5.